The molecule has 0 aromatic carbocycles. The molecule has 0 fully saturated rings. The molecule has 1 amide bonds. The summed E-state index contributed by atoms with van der Waals surface area (Å²) >= 11 is 0. The molecule has 0 radical (unpaired) electrons. The van der Waals surface area contributed by atoms with E-state index in [9.17, 15) is 4.79 Å². The molecule has 17 heavy (non-hydrogen) atoms. The van der Waals surface area contributed by atoms with Gasteiger partial charge in [0.15, 0.2) is 0 Å². The van der Waals surface area contributed by atoms with Crippen LogP contribution in [0.15, 0.2) is 0 Å². The average Bonchev–Trinajstić information content (AvgIpc) is 2.34. The smallest absolute Gasteiger partial charge is 0.221 e. The molecule has 0 aliphatic heterocycles. The lowest BCUT2D eigenvalue weighted by Gasteiger charge is -2.19. The van der Waals surface area contributed by atoms with Crippen LogP contribution in [0.4, 0.5) is 0 Å². The third-order valence-corrected chi connectivity index (χ3v) is 3.13. The second-order valence-corrected chi connectivity index (χ2v) is 4.45. The molecule has 102 valence electrons. The molecule has 0 aliphatic rings. The lowest BCUT2D eigenvalue weighted by molar-refractivity contribution is -0.120. The Morgan fingerprint density at radius 1 is 1.29 bits per heavy atom. The van der Waals surface area contributed by atoms with Crippen molar-refractivity contribution < 1.29 is 4.79 Å². The summed E-state index contributed by atoms with van der Waals surface area (Å²) in [5, 5.41) is 6.00. The first-order valence-electron chi connectivity index (χ1n) is 6.80. The van der Waals surface area contributed by atoms with Crippen molar-refractivity contribution in [3.05, 3.63) is 0 Å². The SMILES string of the molecule is CCN(CC)CCCC(C)NCCC(=O)NC. The van der Waals surface area contributed by atoms with Crippen molar-refractivity contribution in [1.29, 1.82) is 0 Å². The number of carbonyl (C=O) groups is 1. The summed E-state index contributed by atoms with van der Waals surface area (Å²) in [6.45, 7) is 10.8. The lowest BCUT2D eigenvalue weighted by atomic mass is 10.1. The summed E-state index contributed by atoms with van der Waals surface area (Å²) in [4.78, 5) is 13.5. The van der Waals surface area contributed by atoms with Crippen molar-refractivity contribution in [2.24, 2.45) is 0 Å². The van der Waals surface area contributed by atoms with E-state index < -0.39 is 0 Å². The van der Waals surface area contributed by atoms with E-state index in [1.807, 2.05) is 0 Å². The number of hydrogen-bond donors (Lipinski definition) is 2. The molecule has 0 bridgehead atoms. The van der Waals surface area contributed by atoms with Crippen molar-refractivity contribution in [3.63, 3.8) is 0 Å². The highest BCUT2D eigenvalue weighted by atomic mass is 16.1. The number of rotatable bonds is 10. The maximum atomic E-state index is 11.0. The number of amides is 1. The Labute approximate surface area is 106 Å². The molecule has 0 heterocycles. The van der Waals surface area contributed by atoms with Gasteiger partial charge in [-0.25, -0.2) is 0 Å². The third kappa shape index (κ3) is 9.12. The predicted molar refractivity (Wildman–Crippen MR) is 73.2 cm³/mol. The fourth-order valence-electron chi connectivity index (χ4n) is 1.82. The highest BCUT2D eigenvalue weighted by molar-refractivity contribution is 5.75. The van der Waals surface area contributed by atoms with Crippen LogP contribution in [0.3, 0.4) is 0 Å². The van der Waals surface area contributed by atoms with Gasteiger partial charge in [0.2, 0.25) is 5.91 Å². The van der Waals surface area contributed by atoms with Crippen molar-refractivity contribution in [2.45, 2.75) is 46.1 Å². The summed E-state index contributed by atoms with van der Waals surface area (Å²) in [6, 6.07) is 0.496. The van der Waals surface area contributed by atoms with Crippen LogP contribution in [0.25, 0.3) is 0 Å². The molecule has 1 unspecified atom stereocenters. The quantitative estimate of drug-likeness (QED) is 0.606. The molecule has 0 aromatic heterocycles. The summed E-state index contributed by atoms with van der Waals surface area (Å²) in [7, 11) is 1.68. The van der Waals surface area contributed by atoms with E-state index in [-0.39, 0.29) is 5.91 Å². The molecule has 2 N–H and O–H groups in total. The molecule has 0 saturated carbocycles. The van der Waals surface area contributed by atoms with Gasteiger partial charge in [0.05, 0.1) is 0 Å². The Bertz CT molecular complexity index is 193. The Kier molecular flexibility index (Phi) is 10.2. The second-order valence-electron chi connectivity index (χ2n) is 4.45. The second kappa shape index (κ2) is 10.5. The first-order valence-corrected chi connectivity index (χ1v) is 6.80. The van der Waals surface area contributed by atoms with Crippen molar-refractivity contribution >= 4 is 5.91 Å². The third-order valence-electron chi connectivity index (χ3n) is 3.13. The maximum absolute atomic E-state index is 11.0. The largest absolute Gasteiger partial charge is 0.359 e. The van der Waals surface area contributed by atoms with E-state index in [1.54, 1.807) is 7.05 Å². The topological polar surface area (TPSA) is 44.4 Å². The number of nitrogens with zero attached hydrogens (tertiary/aromatic N) is 1. The first kappa shape index (κ1) is 16.4. The van der Waals surface area contributed by atoms with E-state index >= 15 is 0 Å². The van der Waals surface area contributed by atoms with E-state index in [0.717, 1.165) is 19.6 Å². The van der Waals surface area contributed by atoms with Gasteiger partial charge in [-0.2, -0.15) is 0 Å². The maximum Gasteiger partial charge on any atom is 0.221 e. The van der Waals surface area contributed by atoms with Gasteiger partial charge in [0, 0.05) is 26.1 Å². The van der Waals surface area contributed by atoms with Crippen LogP contribution in [-0.4, -0.2) is 50.1 Å². The molecular formula is C13H29N3O. The Hall–Kier alpha value is -0.610. The summed E-state index contributed by atoms with van der Waals surface area (Å²) in [6.07, 6.45) is 2.96. The first-order chi connectivity index (χ1) is 8.13. The van der Waals surface area contributed by atoms with Gasteiger partial charge in [-0.1, -0.05) is 13.8 Å². The van der Waals surface area contributed by atoms with E-state index in [2.05, 4.69) is 36.3 Å². The minimum absolute atomic E-state index is 0.104. The minimum atomic E-state index is 0.104. The highest BCUT2D eigenvalue weighted by Crippen LogP contribution is 1.99. The highest BCUT2D eigenvalue weighted by Gasteiger charge is 2.04. The van der Waals surface area contributed by atoms with Gasteiger partial charge < -0.3 is 15.5 Å². The monoisotopic (exact) mass is 243 g/mol. The van der Waals surface area contributed by atoms with Gasteiger partial charge in [0.1, 0.15) is 0 Å². The summed E-state index contributed by atoms with van der Waals surface area (Å²) < 4.78 is 0. The van der Waals surface area contributed by atoms with Gasteiger partial charge in [-0.05, 0) is 39.4 Å². The van der Waals surface area contributed by atoms with E-state index in [4.69, 9.17) is 0 Å². The fraction of sp³-hybridized carbons (Fsp3) is 0.923. The number of nitrogens with one attached hydrogen (secondary N) is 2. The molecule has 1 atom stereocenters. The molecular weight excluding hydrogens is 214 g/mol. The van der Waals surface area contributed by atoms with Gasteiger partial charge in [-0.3, -0.25) is 4.79 Å². The zero-order valence-electron chi connectivity index (χ0n) is 11.9. The van der Waals surface area contributed by atoms with Gasteiger partial charge >= 0.3 is 0 Å². The zero-order chi connectivity index (χ0) is 13.1. The van der Waals surface area contributed by atoms with Crippen LogP contribution in [0.2, 0.25) is 0 Å². The predicted octanol–water partition coefficient (Wildman–Crippen LogP) is 1.22. The Morgan fingerprint density at radius 2 is 1.94 bits per heavy atom. The number of carbonyl (C=O) groups excluding carboxylic acids is 1. The van der Waals surface area contributed by atoms with Crippen molar-refractivity contribution in [3.8, 4) is 0 Å². The van der Waals surface area contributed by atoms with Crippen LogP contribution >= 0.6 is 0 Å². The van der Waals surface area contributed by atoms with Crippen LogP contribution in [0, 0.1) is 0 Å². The van der Waals surface area contributed by atoms with E-state index in [1.165, 1.54) is 19.4 Å². The normalized spacial score (nSPS) is 12.8. The van der Waals surface area contributed by atoms with Gasteiger partial charge in [0.25, 0.3) is 0 Å². The summed E-state index contributed by atoms with van der Waals surface area (Å²) in [5.74, 6) is 0.104. The van der Waals surface area contributed by atoms with Crippen molar-refractivity contribution in [1.82, 2.24) is 15.5 Å². The minimum Gasteiger partial charge on any atom is -0.359 e. The van der Waals surface area contributed by atoms with Crippen LogP contribution in [-0.2, 0) is 4.79 Å². The summed E-state index contributed by atoms with van der Waals surface area (Å²) in [5.41, 5.74) is 0. The molecule has 4 nitrogen and oxygen atoms in total. The standard InChI is InChI=1S/C13H29N3O/c1-5-16(6-2)11-7-8-12(3)15-10-9-13(17)14-4/h12,15H,5-11H2,1-4H3,(H,14,17). The average molecular weight is 243 g/mol. The molecule has 0 spiro atoms. The molecule has 0 aliphatic carbocycles. The molecule has 4 heteroatoms. The van der Waals surface area contributed by atoms with Gasteiger partial charge in [-0.15, -0.1) is 0 Å². The van der Waals surface area contributed by atoms with Crippen molar-refractivity contribution in [2.75, 3.05) is 33.2 Å². The Balaban J connectivity index is 3.46. The van der Waals surface area contributed by atoms with Crippen LogP contribution in [0.5, 0.6) is 0 Å². The number of hydrogen-bond acceptors (Lipinski definition) is 3. The molecule has 0 aromatic rings. The lowest BCUT2D eigenvalue weighted by Crippen LogP contribution is -2.32. The Morgan fingerprint density at radius 3 is 2.47 bits per heavy atom. The van der Waals surface area contributed by atoms with Crippen LogP contribution in [0.1, 0.15) is 40.0 Å². The fourth-order valence-corrected chi connectivity index (χ4v) is 1.82. The van der Waals surface area contributed by atoms with E-state index in [0.29, 0.717) is 12.5 Å². The molecule has 0 saturated heterocycles. The molecule has 0 rings (SSSR count). The van der Waals surface area contributed by atoms with Crippen LogP contribution < -0.4 is 10.6 Å². The zero-order valence-corrected chi connectivity index (χ0v) is 11.9.